The maximum absolute atomic E-state index is 11.1. The number of aromatic nitrogens is 7. The van der Waals surface area contributed by atoms with E-state index in [9.17, 15) is 5.11 Å². The number of aromatic hydroxyl groups is 1. The van der Waals surface area contributed by atoms with Crippen LogP contribution in [0.3, 0.4) is 0 Å². The van der Waals surface area contributed by atoms with Crippen LogP contribution in [0.5, 0.6) is 17.5 Å². The molecule has 9 nitrogen and oxygen atoms in total. The highest BCUT2D eigenvalue weighted by Crippen LogP contribution is 2.49. The molecule has 0 aliphatic carbocycles. The molecule has 1 N–H and O–H groups in total. The fourth-order valence-corrected chi connectivity index (χ4v) is 5.55. The van der Waals surface area contributed by atoms with E-state index in [1.807, 2.05) is 96.7 Å². The topological polar surface area (TPSA) is 103 Å². The Morgan fingerprint density at radius 3 is 2.58 bits per heavy atom. The summed E-state index contributed by atoms with van der Waals surface area (Å²) in [7, 11) is 0. The van der Waals surface area contributed by atoms with Crippen molar-refractivity contribution in [1.29, 1.82) is 0 Å². The molecule has 0 radical (unpaired) electrons. The first-order chi connectivity index (χ1) is 19.7. The van der Waals surface area contributed by atoms with E-state index in [1.165, 1.54) is 0 Å². The molecule has 1 unspecified atom stereocenters. The zero-order chi connectivity index (χ0) is 26.8. The SMILES string of the molecule is Cc1nn(-c2ccccc2)c2c1C(c1cccnc1)c1c(ncn3nc(-c4ccc5ccccc5c4O)nc13)O2. The van der Waals surface area contributed by atoms with E-state index in [4.69, 9.17) is 19.9 Å². The maximum atomic E-state index is 11.1. The molecule has 8 rings (SSSR count). The Kier molecular flexibility index (Phi) is 4.75. The number of fused-ring (bicyclic) bond motifs is 5. The van der Waals surface area contributed by atoms with Crippen molar-refractivity contribution in [3.8, 4) is 34.6 Å². The lowest BCUT2D eigenvalue weighted by molar-refractivity contribution is 0.402. The average Bonchev–Trinajstić information content (AvgIpc) is 3.58. The molecular formula is C31H21N7O2. The lowest BCUT2D eigenvalue weighted by atomic mass is 9.85. The summed E-state index contributed by atoms with van der Waals surface area (Å²) in [5, 5.41) is 22.4. The lowest BCUT2D eigenvalue weighted by Gasteiger charge is -2.26. The molecule has 0 spiro atoms. The molecular weight excluding hydrogens is 502 g/mol. The smallest absolute Gasteiger partial charge is 0.230 e. The number of phenols is 1. The summed E-state index contributed by atoms with van der Waals surface area (Å²) < 4.78 is 9.93. The first-order valence-corrected chi connectivity index (χ1v) is 12.9. The monoisotopic (exact) mass is 523 g/mol. The summed E-state index contributed by atoms with van der Waals surface area (Å²) in [5.41, 5.74) is 5.47. The highest BCUT2D eigenvalue weighted by atomic mass is 16.5. The number of hydrogen-bond donors (Lipinski definition) is 1. The van der Waals surface area contributed by atoms with Crippen LogP contribution >= 0.6 is 0 Å². The molecule has 0 amide bonds. The first kappa shape index (κ1) is 22.4. The second kappa shape index (κ2) is 8.47. The van der Waals surface area contributed by atoms with Gasteiger partial charge in [-0.3, -0.25) is 4.98 Å². The number of rotatable bonds is 3. The van der Waals surface area contributed by atoms with E-state index in [2.05, 4.69) is 9.97 Å². The van der Waals surface area contributed by atoms with Crippen molar-refractivity contribution >= 4 is 16.4 Å². The molecule has 1 aliphatic heterocycles. The van der Waals surface area contributed by atoms with Crippen LogP contribution in [-0.2, 0) is 0 Å². The van der Waals surface area contributed by atoms with Gasteiger partial charge >= 0.3 is 0 Å². The van der Waals surface area contributed by atoms with Gasteiger partial charge in [-0.1, -0.05) is 54.6 Å². The van der Waals surface area contributed by atoms with Crippen LogP contribution in [-0.4, -0.2) is 39.5 Å². The minimum absolute atomic E-state index is 0.137. The van der Waals surface area contributed by atoms with Gasteiger partial charge in [-0.2, -0.15) is 5.10 Å². The summed E-state index contributed by atoms with van der Waals surface area (Å²) >= 11 is 0. The van der Waals surface area contributed by atoms with Gasteiger partial charge in [0.2, 0.25) is 11.8 Å². The second-order valence-electron chi connectivity index (χ2n) is 9.72. The van der Waals surface area contributed by atoms with Crippen molar-refractivity contribution in [1.82, 2.24) is 34.3 Å². The van der Waals surface area contributed by atoms with E-state index >= 15 is 0 Å². The summed E-state index contributed by atoms with van der Waals surface area (Å²) in [6, 6.07) is 25.3. The van der Waals surface area contributed by atoms with Crippen molar-refractivity contribution < 1.29 is 9.84 Å². The van der Waals surface area contributed by atoms with Crippen LogP contribution in [0, 0.1) is 6.92 Å². The number of aryl methyl sites for hydroxylation is 1. The van der Waals surface area contributed by atoms with Gasteiger partial charge in [0, 0.05) is 17.8 Å². The molecule has 9 heteroatoms. The molecule has 0 saturated carbocycles. The van der Waals surface area contributed by atoms with Crippen molar-refractivity contribution in [3.05, 3.63) is 120 Å². The Bertz CT molecular complexity index is 2070. The molecule has 0 fully saturated rings. The number of benzene rings is 3. The molecule has 3 aromatic carbocycles. The molecule has 1 atom stereocenters. The third kappa shape index (κ3) is 3.24. The predicted octanol–water partition coefficient (Wildman–Crippen LogP) is 5.83. The third-order valence-electron chi connectivity index (χ3n) is 7.38. The van der Waals surface area contributed by atoms with Gasteiger partial charge in [0.15, 0.2) is 11.5 Å². The molecule has 192 valence electrons. The zero-order valence-electron chi connectivity index (χ0n) is 21.3. The average molecular weight is 524 g/mol. The Morgan fingerprint density at radius 1 is 0.875 bits per heavy atom. The number of pyridine rings is 1. The summed E-state index contributed by atoms with van der Waals surface area (Å²) in [6.45, 7) is 1.98. The Hall–Kier alpha value is -5.57. The van der Waals surface area contributed by atoms with Crippen LogP contribution in [0.2, 0.25) is 0 Å². The molecule has 7 aromatic rings. The van der Waals surface area contributed by atoms with Crippen molar-refractivity contribution in [3.63, 3.8) is 0 Å². The maximum Gasteiger partial charge on any atom is 0.230 e. The number of phenolic OH excluding ortho intramolecular Hbond substituents is 1. The van der Waals surface area contributed by atoms with Gasteiger partial charge in [-0.25, -0.2) is 19.2 Å². The van der Waals surface area contributed by atoms with E-state index < -0.39 is 0 Å². The molecule has 40 heavy (non-hydrogen) atoms. The fourth-order valence-electron chi connectivity index (χ4n) is 5.55. The normalized spacial score (nSPS) is 14.2. The van der Waals surface area contributed by atoms with E-state index in [0.717, 1.165) is 38.8 Å². The van der Waals surface area contributed by atoms with E-state index in [0.29, 0.717) is 28.8 Å². The van der Waals surface area contributed by atoms with E-state index in [-0.39, 0.29) is 11.7 Å². The Balaban J connectivity index is 1.37. The van der Waals surface area contributed by atoms with Gasteiger partial charge in [-0.05, 0) is 42.1 Å². The van der Waals surface area contributed by atoms with Crippen molar-refractivity contribution in [2.75, 3.05) is 0 Å². The number of hydrogen-bond acceptors (Lipinski definition) is 7. The van der Waals surface area contributed by atoms with Gasteiger partial charge in [-0.15, -0.1) is 5.10 Å². The highest BCUT2D eigenvalue weighted by molar-refractivity contribution is 5.93. The van der Waals surface area contributed by atoms with E-state index in [1.54, 1.807) is 17.0 Å². The summed E-state index contributed by atoms with van der Waals surface area (Å²) in [6.07, 6.45) is 5.18. The van der Waals surface area contributed by atoms with Gasteiger partial charge < -0.3 is 9.84 Å². The molecule has 1 aliphatic rings. The fraction of sp³-hybridized carbons (Fsp3) is 0.0645. The van der Waals surface area contributed by atoms with Crippen LogP contribution in [0.1, 0.15) is 28.3 Å². The predicted molar refractivity (Wildman–Crippen MR) is 149 cm³/mol. The van der Waals surface area contributed by atoms with Crippen molar-refractivity contribution in [2.24, 2.45) is 0 Å². The molecule has 4 aromatic heterocycles. The quantitative estimate of drug-likeness (QED) is 0.311. The van der Waals surface area contributed by atoms with Gasteiger partial charge in [0.05, 0.1) is 34.0 Å². The lowest BCUT2D eigenvalue weighted by Crippen LogP contribution is -2.16. The van der Waals surface area contributed by atoms with Crippen molar-refractivity contribution in [2.45, 2.75) is 12.8 Å². The number of nitrogens with zero attached hydrogens (tertiary/aromatic N) is 7. The minimum atomic E-state index is -0.302. The molecule has 0 bridgehead atoms. The Morgan fingerprint density at radius 2 is 1.73 bits per heavy atom. The molecule has 5 heterocycles. The van der Waals surface area contributed by atoms with Crippen LogP contribution in [0.15, 0.2) is 97.6 Å². The standard InChI is InChI=1S/C31H21N7O2/c1-18-24-25(20-9-7-15-32-16-20)26-29-34-28(23-14-13-19-8-5-6-12-22(19)27(23)39)36-37(29)17-33-30(26)40-31(24)38(35-18)21-10-3-2-4-11-21/h2-17,25,39H,1H3. The number of ether oxygens (including phenoxy) is 1. The minimum Gasteiger partial charge on any atom is -0.507 e. The van der Waals surface area contributed by atoms with Gasteiger partial charge in [0.25, 0.3) is 0 Å². The van der Waals surface area contributed by atoms with Crippen LogP contribution < -0.4 is 4.74 Å². The summed E-state index contributed by atoms with van der Waals surface area (Å²) in [5.74, 6) is 1.26. The second-order valence-corrected chi connectivity index (χ2v) is 9.72. The van der Waals surface area contributed by atoms with Crippen LogP contribution in [0.25, 0.3) is 33.5 Å². The number of para-hydroxylation sites is 1. The third-order valence-corrected chi connectivity index (χ3v) is 7.38. The summed E-state index contributed by atoms with van der Waals surface area (Å²) in [4.78, 5) is 14.0. The molecule has 0 saturated heterocycles. The largest absolute Gasteiger partial charge is 0.507 e. The highest BCUT2D eigenvalue weighted by Gasteiger charge is 2.38. The van der Waals surface area contributed by atoms with Crippen LogP contribution in [0.4, 0.5) is 0 Å². The first-order valence-electron chi connectivity index (χ1n) is 12.9. The Labute approximate surface area is 228 Å². The van der Waals surface area contributed by atoms with Gasteiger partial charge in [0.1, 0.15) is 12.1 Å². The zero-order valence-corrected chi connectivity index (χ0v) is 21.3.